The van der Waals surface area contributed by atoms with E-state index in [0.29, 0.717) is 10.0 Å². The first-order valence-electron chi connectivity index (χ1n) is 5.98. The summed E-state index contributed by atoms with van der Waals surface area (Å²) in [6.45, 7) is 0. The van der Waals surface area contributed by atoms with Crippen molar-refractivity contribution in [1.82, 2.24) is 0 Å². The number of nitrogens with two attached hydrogens (primary N) is 1. The number of hydrogen-bond acceptors (Lipinski definition) is 2. The van der Waals surface area contributed by atoms with E-state index >= 15 is 0 Å². The van der Waals surface area contributed by atoms with E-state index < -0.39 is 12.1 Å². The van der Waals surface area contributed by atoms with Crippen molar-refractivity contribution in [2.45, 2.75) is 37.8 Å². The van der Waals surface area contributed by atoms with Crippen molar-refractivity contribution in [2.24, 2.45) is 11.7 Å². The topological polar surface area (TPSA) is 46.2 Å². The van der Waals surface area contributed by atoms with Gasteiger partial charge in [0.05, 0.1) is 16.6 Å². The molecule has 0 radical (unpaired) electrons. The van der Waals surface area contributed by atoms with Gasteiger partial charge in [0.15, 0.2) is 0 Å². The molecule has 0 heterocycles. The summed E-state index contributed by atoms with van der Waals surface area (Å²) in [5.74, 6) is -0.0757. The third kappa shape index (κ3) is 2.87. The molecule has 2 atom stereocenters. The van der Waals surface area contributed by atoms with Crippen molar-refractivity contribution >= 4 is 15.9 Å². The molecule has 2 rings (SSSR count). The van der Waals surface area contributed by atoms with Gasteiger partial charge in [0.2, 0.25) is 0 Å². The zero-order valence-corrected chi connectivity index (χ0v) is 11.2. The Bertz CT molecular complexity index is 393. The highest BCUT2D eigenvalue weighted by molar-refractivity contribution is 9.10. The molecule has 0 aromatic heterocycles. The Kier molecular flexibility index (Phi) is 4.17. The van der Waals surface area contributed by atoms with Crippen LogP contribution in [0.15, 0.2) is 22.7 Å². The summed E-state index contributed by atoms with van der Waals surface area (Å²) in [4.78, 5) is 0. The second-order valence-corrected chi connectivity index (χ2v) is 5.59. The average Bonchev–Trinajstić information content (AvgIpc) is 2.84. The summed E-state index contributed by atoms with van der Waals surface area (Å²) < 4.78 is 13.8. The van der Waals surface area contributed by atoms with E-state index in [9.17, 15) is 9.50 Å². The quantitative estimate of drug-likeness (QED) is 0.901. The predicted molar refractivity (Wildman–Crippen MR) is 69.0 cm³/mol. The average molecular weight is 302 g/mol. The Morgan fingerprint density at radius 2 is 2.00 bits per heavy atom. The van der Waals surface area contributed by atoms with Crippen LogP contribution in [0.4, 0.5) is 4.39 Å². The van der Waals surface area contributed by atoms with Crippen molar-refractivity contribution in [3.05, 3.63) is 34.1 Å². The molecular formula is C13H17BrFNO. The lowest BCUT2D eigenvalue weighted by Crippen LogP contribution is -2.32. The Morgan fingerprint density at radius 3 is 2.59 bits per heavy atom. The first-order chi connectivity index (χ1) is 8.09. The molecule has 1 aromatic carbocycles. The van der Waals surface area contributed by atoms with Gasteiger partial charge in [-0.05, 0) is 52.4 Å². The zero-order valence-electron chi connectivity index (χ0n) is 9.57. The minimum absolute atomic E-state index is 0.261. The Balaban J connectivity index is 2.12. The molecule has 1 aliphatic carbocycles. The molecule has 0 saturated heterocycles. The highest BCUT2D eigenvalue weighted by atomic mass is 79.9. The first-order valence-corrected chi connectivity index (χ1v) is 6.77. The van der Waals surface area contributed by atoms with Crippen molar-refractivity contribution in [3.63, 3.8) is 0 Å². The molecule has 4 heteroatoms. The number of aliphatic hydroxyl groups is 1. The minimum atomic E-state index is -0.571. The molecule has 0 amide bonds. The molecule has 0 aliphatic heterocycles. The van der Waals surface area contributed by atoms with Crippen LogP contribution in [0.25, 0.3) is 0 Å². The third-order valence-electron chi connectivity index (χ3n) is 3.58. The largest absolute Gasteiger partial charge is 0.391 e. The molecule has 0 bridgehead atoms. The van der Waals surface area contributed by atoms with Crippen molar-refractivity contribution in [1.29, 1.82) is 0 Å². The maximum atomic E-state index is 13.4. The molecule has 1 saturated carbocycles. The lowest BCUT2D eigenvalue weighted by atomic mass is 9.91. The van der Waals surface area contributed by atoms with Crippen molar-refractivity contribution in [3.8, 4) is 0 Å². The number of rotatable bonds is 3. The summed E-state index contributed by atoms with van der Waals surface area (Å²) >= 11 is 3.10. The maximum Gasteiger partial charge on any atom is 0.137 e. The third-order valence-corrected chi connectivity index (χ3v) is 4.22. The monoisotopic (exact) mass is 301 g/mol. The normalized spacial score (nSPS) is 20.5. The SMILES string of the molecule is N[C@H](c1ccc(Br)c(F)c1)[C@@H](O)C1CCCC1. The molecule has 0 unspecified atom stereocenters. The second-order valence-electron chi connectivity index (χ2n) is 4.73. The number of benzene rings is 1. The van der Waals surface area contributed by atoms with E-state index in [-0.39, 0.29) is 11.7 Å². The van der Waals surface area contributed by atoms with Gasteiger partial charge < -0.3 is 10.8 Å². The Hall–Kier alpha value is -0.450. The van der Waals surface area contributed by atoms with Gasteiger partial charge in [0, 0.05) is 0 Å². The standard InChI is InChI=1S/C13H17BrFNO/c14-10-6-5-9(7-11(10)15)12(16)13(17)8-3-1-2-4-8/h5-8,12-13,17H,1-4,16H2/t12-,13+/m1/s1. The van der Waals surface area contributed by atoms with E-state index in [4.69, 9.17) is 5.73 Å². The van der Waals surface area contributed by atoms with Gasteiger partial charge in [0.25, 0.3) is 0 Å². The van der Waals surface area contributed by atoms with Crippen LogP contribution >= 0.6 is 15.9 Å². The summed E-state index contributed by atoms with van der Waals surface area (Å²) in [5.41, 5.74) is 6.66. The highest BCUT2D eigenvalue weighted by Crippen LogP contribution is 2.33. The Labute approximate surface area is 109 Å². The first kappa shape index (κ1) is 13.0. The van der Waals surface area contributed by atoms with Gasteiger partial charge in [-0.15, -0.1) is 0 Å². The molecule has 2 nitrogen and oxygen atoms in total. The van der Waals surface area contributed by atoms with E-state index in [2.05, 4.69) is 15.9 Å². The van der Waals surface area contributed by atoms with Crippen LogP contribution in [0, 0.1) is 11.7 Å². The lowest BCUT2D eigenvalue weighted by molar-refractivity contribution is 0.0844. The lowest BCUT2D eigenvalue weighted by Gasteiger charge is -2.24. The van der Waals surface area contributed by atoms with Gasteiger partial charge in [-0.3, -0.25) is 0 Å². The van der Waals surface area contributed by atoms with Crippen molar-refractivity contribution in [2.75, 3.05) is 0 Å². The van der Waals surface area contributed by atoms with Gasteiger partial charge >= 0.3 is 0 Å². The van der Waals surface area contributed by atoms with Crippen LogP contribution in [-0.4, -0.2) is 11.2 Å². The van der Waals surface area contributed by atoms with Crippen LogP contribution in [-0.2, 0) is 0 Å². The fourth-order valence-corrected chi connectivity index (χ4v) is 2.76. The van der Waals surface area contributed by atoms with Crippen LogP contribution in [0.5, 0.6) is 0 Å². The zero-order chi connectivity index (χ0) is 12.4. The van der Waals surface area contributed by atoms with Crippen molar-refractivity contribution < 1.29 is 9.50 Å². The van der Waals surface area contributed by atoms with Crippen LogP contribution < -0.4 is 5.73 Å². The van der Waals surface area contributed by atoms with Gasteiger partial charge in [0.1, 0.15) is 5.82 Å². The van der Waals surface area contributed by atoms with E-state index in [1.165, 1.54) is 6.07 Å². The minimum Gasteiger partial charge on any atom is -0.391 e. The predicted octanol–water partition coefficient (Wildman–Crippen LogP) is 3.14. The van der Waals surface area contributed by atoms with E-state index in [1.54, 1.807) is 12.1 Å². The molecule has 0 spiro atoms. The molecule has 1 aliphatic rings. The molecular weight excluding hydrogens is 285 g/mol. The smallest absolute Gasteiger partial charge is 0.137 e. The van der Waals surface area contributed by atoms with E-state index in [0.717, 1.165) is 25.7 Å². The van der Waals surface area contributed by atoms with Crippen LogP contribution in [0.3, 0.4) is 0 Å². The van der Waals surface area contributed by atoms with Gasteiger partial charge in [-0.25, -0.2) is 4.39 Å². The molecule has 94 valence electrons. The number of aliphatic hydroxyl groups excluding tert-OH is 1. The number of halogens is 2. The van der Waals surface area contributed by atoms with E-state index in [1.807, 2.05) is 0 Å². The summed E-state index contributed by atoms with van der Waals surface area (Å²) in [7, 11) is 0. The number of hydrogen-bond donors (Lipinski definition) is 2. The molecule has 1 aromatic rings. The Morgan fingerprint density at radius 1 is 1.35 bits per heavy atom. The summed E-state index contributed by atoms with van der Waals surface area (Å²) in [6, 6.07) is 4.29. The molecule has 17 heavy (non-hydrogen) atoms. The van der Waals surface area contributed by atoms with Gasteiger partial charge in [-0.2, -0.15) is 0 Å². The fraction of sp³-hybridized carbons (Fsp3) is 0.538. The highest BCUT2D eigenvalue weighted by Gasteiger charge is 2.28. The van der Waals surface area contributed by atoms with Gasteiger partial charge in [-0.1, -0.05) is 18.9 Å². The summed E-state index contributed by atoms with van der Waals surface area (Å²) in [6.07, 6.45) is 3.78. The summed E-state index contributed by atoms with van der Waals surface area (Å²) in [5, 5.41) is 10.2. The molecule has 3 N–H and O–H groups in total. The molecule has 1 fully saturated rings. The fourth-order valence-electron chi connectivity index (χ4n) is 2.51. The van der Waals surface area contributed by atoms with Crippen LogP contribution in [0.1, 0.15) is 37.3 Å². The van der Waals surface area contributed by atoms with Crippen LogP contribution in [0.2, 0.25) is 0 Å². The maximum absolute atomic E-state index is 13.4. The second kappa shape index (κ2) is 5.46.